The maximum absolute atomic E-state index is 12.5. The molecule has 0 bridgehead atoms. The Kier molecular flexibility index (Phi) is 7.26. The van der Waals surface area contributed by atoms with E-state index in [1.165, 1.54) is 16.8 Å². The zero-order valence-electron chi connectivity index (χ0n) is 18.5. The molecule has 31 heavy (non-hydrogen) atoms. The van der Waals surface area contributed by atoms with E-state index in [4.69, 9.17) is 4.74 Å². The molecule has 2 aromatic carbocycles. The number of hydrogen-bond donors (Lipinski definition) is 1. The first-order valence-corrected chi connectivity index (χ1v) is 11.4. The number of anilines is 1. The standard InChI is InChI=1S/C26H33N3O2/c1-31-25-11-5-4-10-24(25)29-18-16-28(17-19-29)15-7-6-14-27-26(30)23-13-12-21-8-2-3-9-22(21)20-23/h2-5,8-11,20H,6-7,12-19H2,1H3,(H,27,30). The van der Waals surface area contributed by atoms with Gasteiger partial charge in [0.15, 0.2) is 0 Å². The van der Waals surface area contributed by atoms with E-state index in [1.54, 1.807) is 7.11 Å². The molecule has 0 spiro atoms. The van der Waals surface area contributed by atoms with Gasteiger partial charge < -0.3 is 15.0 Å². The maximum Gasteiger partial charge on any atom is 0.247 e. The van der Waals surface area contributed by atoms with Crippen LogP contribution in [0.15, 0.2) is 54.1 Å². The first-order chi connectivity index (χ1) is 15.2. The molecule has 1 aliphatic carbocycles. The Labute approximate surface area is 185 Å². The fourth-order valence-electron chi connectivity index (χ4n) is 4.49. The smallest absolute Gasteiger partial charge is 0.247 e. The highest BCUT2D eigenvalue weighted by atomic mass is 16.5. The van der Waals surface area contributed by atoms with Crippen molar-refractivity contribution in [3.05, 3.63) is 65.2 Å². The van der Waals surface area contributed by atoms with Crippen molar-refractivity contribution in [2.24, 2.45) is 0 Å². The van der Waals surface area contributed by atoms with Crippen molar-refractivity contribution in [2.45, 2.75) is 25.7 Å². The Balaban J connectivity index is 1.14. The maximum atomic E-state index is 12.5. The summed E-state index contributed by atoms with van der Waals surface area (Å²) in [4.78, 5) is 17.4. The minimum atomic E-state index is 0.0972. The first kappa shape index (κ1) is 21.4. The number of carbonyl (C=O) groups is 1. The van der Waals surface area contributed by atoms with E-state index in [1.807, 2.05) is 18.2 Å². The quantitative estimate of drug-likeness (QED) is 0.662. The van der Waals surface area contributed by atoms with Crippen LogP contribution in [0.3, 0.4) is 0 Å². The average molecular weight is 420 g/mol. The number of carbonyl (C=O) groups excluding carboxylic acids is 1. The third-order valence-corrected chi connectivity index (χ3v) is 6.32. The summed E-state index contributed by atoms with van der Waals surface area (Å²) in [7, 11) is 1.73. The van der Waals surface area contributed by atoms with Gasteiger partial charge in [0.25, 0.3) is 0 Å². The molecule has 0 unspecified atom stereocenters. The molecule has 0 aromatic heterocycles. The summed E-state index contributed by atoms with van der Waals surface area (Å²) in [5.74, 6) is 1.04. The summed E-state index contributed by atoms with van der Waals surface area (Å²) in [6, 6.07) is 16.6. The fourth-order valence-corrected chi connectivity index (χ4v) is 4.49. The van der Waals surface area contributed by atoms with Crippen molar-refractivity contribution in [3.63, 3.8) is 0 Å². The number of methoxy groups -OCH3 is 1. The molecule has 0 radical (unpaired) electrons. The van der Waals surface area contributed by atoms with Gasteiger partial charge in [-0.05, 0) is 61.6 Å². The van der Waals surface area contributed by atoms with Gasteiger partial charge in [-0.25, -0.2) is 0 Å². The zero-order chi connectivity index (χ0) is 21.5. The molecule has 1 aliphatic heterocycles. The highest BCUT2D eigenvalue weighted by molar-refractivity contribution is 5.98. The molecule has 1 N–H and O–H groups in total. The Morgan fingerprint density at radius 1 is 0.968 bits per heavy atom. The number of nitrogens with one attached hydrogen (secondary N) is 1. The van der Waals surface area contributed by atoms with E-state index in [0.717, 1.165) is 76.3 Å². The van der Waals surface area contributed by atoms with Gasteiger partial charge in [0.2, 0.25) is 5.91 Å². The molecule has 5 heteroatoms. The van der Waals surface area contributed by atoms with Gasteiger partial charge in [-0.1, -0.05) is 36.4 Å². The summed E-state index contributed by atoms with van der Waals surface area (Å²) < 4.78 is 5.50. The number of unbranched alkanes of at least 4 members (excludes halogenated alkanes) is 1. The van der Waals surface area contributed by atoms with Gasteiger partial charge in [0, 0.05) is 38.3 Å². The van der Waals surface area contributed by atoms with E-state index in [0.29, 0.717) is 0 Å². The summed E-state index contributed by atoms with van der Waals surface area (Å²) >= 11 is 0. The normalized spacial score (nSPS) is 16.4. The molecular formula is C26H33N3O2. The zero-order valence-corrected chi connectivity index (χ0v) is 18.5. The van der Waals surface area contributed by atoms with Crippen molar-refractivity contribution in [3.8, 4) is 5.75 Å². The van der Waals surface area contributed by atoms with Crippen LogP contribution in [0.1, 0.15) is 30.4 Å². The molecule has 0 atom stereocenters. The van der Waals surface area contributed by atoms with Crippen molar-refractivity contribution in [2.75, 3.05) is 51.3 Å². The summed E-state index contributed by atoms with van der Waals surface area (Å²) in [5.41, 5.74) is 4.62. The Morgan fingerprint density at radius 2 is 1.74 bits per heavy atom. The number of fused-ring (bicyclic) bond motifs is 1. The van der Waals surface area contributed by atoms with Crippen molar-refractivity contribution in [1.29, 1.82) is 0 Å². The van der Waals surface area contributed by atoms with Crippen LogP contribution in [0.4, 0.5) is 5.69 Å². The van der Waals surface area contributed by atoms with Gasteiger partial charge in [-0.3, -0.25) is 9.69 Å². The number of rotatable bonds is 8. The van der Waals surface area contributed by atoms with E-state index >= 15 is 0 Å². The number of benzene rings is 2. The van der Waals surface area contributed by atoms with Crippen LogP contribution in [-0.2, 0) is 11.2 Å². The van der Waals surface area contributed by atoms with E-state index < -0.39 is 0 Å². The van der Waals surface area contributed by atoms with Crippen LogP contribution >= 0.6 is 0 Å². The van der Waals surface area contributed by atoms with Crippen molar-refractivity contribution in [1.82, 2.24) is 10.2 Å². The van der Waals surface area contributed by atoms with Crippen molar-refractivity contribution >= 4 is 17.7 Å². The number of amides is 1. The molecule has 2 aliphatic rings. The average Bonchev–Trinajstić information content (AvgIpc) is 2.83. The predicted octanol–water partition coefficient (Wildman–Crippen LogP) is 3.74. The van der Waals surface area contributed by atoms with Gasteiger partial charge in [0.05, 0.1) is 12.8 Å². The highest BCUT2D eigenvalue weighted by Gasteiger charge is 2.19. The lowest BCUT2D eigenvalue weighted by molar-refractivity contribution is -0.117. The number of aryl methyl sites for hydroxylation is 1. The lowest BCUT2D eigenvalue weighted by Gasteiger charge is -2.36. The summed E-state index contributed by atoms with van der Waals surface area (Å²) in [5, 5.41) is 3.11. The number of hydrogen-bond acceptors (Lipinski definition) is 4. The van der Waals surface area contributed by atoms with Crippen LogP contribution in [0.5, 0.6) is 5.75 Å². The number of para-hydroxylation sites is 2. The van der Waals surface area contributed by atoms with E-state index in [2.05, 4.69) is 51.5 Å². The predicted molar refractivity (Wildman–Crippen MR) is 127 cm³/mol. The van der Waals surface area contributed by atoms with Gasteiger partial charge in [-0.2, -0.15) is 0 Å². The number of piperazine rings is 1. The second-order valence-corrected chi connectivity index (χ2v) is 8.33. The molecule has 5 nitrogen and oxygen atoms in total. The molecule has 164 valence electrons. The second kappa shape index (κ2) is 10.5. The number of ether oxygens (including phenoxy) is 1. The molecule has 1 heterocycles. The lowest BCUT2D eigenvalue weighted by Crippen LogP contribution is -2.46. The monoisotopic (exact) mass is 419 g/mol. The van der Waals surface area contributed by atoms with E-state index in [-0.39, 0.29) is 5.91 Å². The highest BCUT2D eigenvalue weighted by Crippen LogP contribution is 2.28. The Hall–Kier alpha value is -2.79. The third-order valence-electron chi connectivity index (χ3n) is 6.32. The van der Waals surface area contributed by atoms with Gasteiger partial charge in [0.1, 0.15) is 5.75 Å². The lowest BCUT2D eigenvalue weighted by atomic mass is 9.92. The topological polar surface area (TPSA) is 44.8 Å². The largest absolute Gasteiger partial charge is 0.495 e. The molecule has 1 fully saturated rings. The van der Waals surface area contributed by atoms with Gasteiger partial charge >= 0.3 is 0 Å². The van der Waals surface area contributed by atoms with Crippen molar-refractivity contribution < 1.29 is 9.53 Å². The Bertz CT molecular complexity index is 916. The summed E-state index contributed by atoms with van der Waals surface area (Å²) in [6.07, 6.45) is 5.96. The fraction of sp³-hybridized carbons (Fsp3) is 0.423. The van der Waals surface area contributed by atoms with Crippen LogP contribution in [0, 0.1) is 0 Å². The van der Waals surface area contributed by atoms with Crippen LogP contribution in [0.2, 0.25) is 0 Å². The molecule has 0 saturated carbocycles. The molecule has 1 amide bonds. The van der Waals surface area contributed by atoms with Crippen LogP contribution < -0.4 is 15.0 Å². The van der Waals surface area contributed by atoms with E-state index in [9.17, 15) is 4.79 Å². The molecular weight excluding hydrogens is 386 g/mol. The molecule has 1 saturated heterocycles. The SMILES string of the molecule is COc1ccccc1N1CCN(CCCCNC(=O)C2=Cc3ccccc3CC2)CC1. The third kappa shape index (κ3) is 5.47. The molecule has 2 aromatic rings. The minimum Gasteiger partial charge on any atom is -0.495 e. The first-order valence-electron chi connectivity index (χ1n) is 11.4. The second-order valence-electron chi connectivity index (χ2n) is 8.33. The van der Waals surface area contributed by atoms with Gasteiger partial charge in [-0.15, -0.1) is 0 Å². The van der Waals surface area contributed by atoms with Crippen LogP contribution in [-0.4, -0.2) is 57.2 Å². The number of nitrogens with zero attached hydrogens (tertiary/aromatic N) is 2. The minimum absolute atomic E-state index is 0.0972. The summed E-state index contributed by atoms with van der Waals surface area (Å²) in [6.45, 7) is 6.01. The molecule has 4 rings (SSSR count). The Morgan fingerprint density at radius 3 is 2.58 bits per heavy atom. The van der Waals surface area contributed by atoms with Crippen LogP contribution in [0.25, 0.3) is 6.08 Å².